The number of nitrogens with one attached hydrogen (secondary N) is 1. The number of hydrogen-bond donors (Lipinski definition) is 2. The van der Waals surface area contributed by atoms with E-state index in [0.717, 1.165) is 18.6 Å². The second-order valence-corrected chi connectivity index (χ2v) is 7.49. The van der Waals surface area contributed by atoms with Gasteiger partial charge in [-0.15, -0.1) is 0 Å². The average molecular weight is 349 g/mol. The molecule has 1 amide bonds. The zero-order valence-electron chi connectivity index (χ0n) is 15.6. The summed E-state index contributed by atoms with van der Waals surface area (Å²) in [6.45, 7) is 7.78. The number of amides is 1. The largest absolute Gasteiger partial charge is 0.494 e. The molecule has 1 atom stereocenters. The summed E-state index contributed by atoms with van der Waals surface area (Å²) in [6.07, 6.45) is 3.84. The predicted molar refractivity (Wildman–Crippen MR) is 98.0 cm³/mol. The fourth-order valence-electron chi connectivity index (χ4n) is 3.21. The van der Waals surface area contributed by atoms with E-state index in [0.29, 0.717) is 44.6 Å². The number of carbonyl (C=O) groups is 1. The standard InChI is InChI=1S/C20H31NO4/c1-4-5-13-24-17-8-6-16(7-9-17)18(22)21-12-10-20(23)11-14-25-19(2,3)15-20/h6-9,23H,4-5,10-15H2,1-3H3,(H,21,22). The SMILES string of the molecule is CCCCOc1ccc(C(=O)NCCC2(O)CCOC(C)(C)C2)cc1. The lowest BCUT2D eigenvalue weighted by molar-refractivity contribution is -0.145. The van der Waals surface area contributed by atoms with Gasteiger partial charge in [-0.2, -0.15) is 0 Å². The first-order valence-corrected chi connectivity index (χ1v) is 9.21. The maximum absolute atomic E-state index is 12.2. The third-order valence-electron chi connectivity index (χ3n) is 4.57. The monoisotopic (exact) mass is 349 g/mol. The van der Waals surface area contributed by atoms with E-state index < -0.39 is 5.60 Å². The van der Waals surface area contributed by atoms with Crippen LogP contribution in [-0.2, 0) is 4.74 Å². The summed E-state index contributed by atoms with van der Waals surface area (Å²) >= 11 is 0. The van der Waals surface area contributed by atoms with Crippen LogP contribution in [0.25, 0.3) is 0 Å². The van der Waals surface area contributed by atoms with Crippen molar-refractivity contribution in [3.63, 3.8) is 0 Å². The molecule has 140 valence electrons. The van der Waals surface area contributed by atoms with Gasteiger partial charge in [0.1, 0.15) is 5.75 Å². The van der Waals surface area contributed by atoms with E-state index >= 15 is 0 Å². The minimum absolute atomic E-state index is 0.130. The van der Waals surface area contributed by atoms with E-state index in [-0.39, 0.29) is 11.5 Å². The molecular weight excluding hydrogens is 318 g/mol. The van der Waals surface area contributed by atoms with Crippen molar-refractivity contribution in [2.75, 3.05) is 19.8 Å². The van der Waals surface area contributed by atoms with Gasteiger partial charge >= 0.3 is 0 Å². The Kier molecular flexibility index (Phi) is 6.85. The summed E-state index contributed by atoms with van der Waals surface area (Å²) < 4.78 is 11.2. The molecular formula is C20H31NO4. The summed E-state index contributed by atoms with van der Waals surface area (Å²) in [6, 6.07) is 7.17. The van der Waals surface area contributed by atoms with Gasteiger partial charge in [-0.3, -0.25) is 4.79 Å². The molecule has 0 aliphatic carbocycles. The predicted octanol–water partition coefficient (Wildman–Crippen LogP) is 3.31. The lowest BCUT2D eigenvalue weighted by atomic mass is 9.82. The molecule has 5 heteroatoms. The molecule has 5 nitrogen and oxygen atoms in total. The van der Waals surface area contributed by atoms with Crippen LogP contribution in [0, 0.1) is 0 Å². The molecule has 0 radical (unpaired) electrons. The molecule has 1 unspecified atom stereocenters. The van der Waals surface area contributed by atoms with Gasteiger partial charge in [0.05, 0.1) is 24.4 Å². The highest BCUT2D eigenvalue weighted by atomic mass is 16.5. The van der Waals surface area contributed by atoms with E-state index in [2.05, 4.69) is 12.2 Å². The zero-order chi connectivity index (χ0) is 18.3. The molecule has 1 saturated heterocycles. The van der Waals surface area contributed by atoms with Crippen molar-refractivity contribution in [1.82, 2.24) is 5.32 Å². The molecule has 1 aliphatic heterocycles. The van der Waals surface area contributed by atoms with Crippen molar-refractivity contribution in [2.45, 2.75) is 64.1 Å². The van der Waals surface area contributed by atoms with Gasteiger partial charge < -0.3 is 19.9 Å². The van der Waals surface area contributed by atoms with E-state index in [1.165, 1.54) is 0 Å². The van der Waals surface area contributed by atoms with E-state index in [1.807, 2.05) is 26.0 Å². The Hall–Kier alpha value is -1.59. The molecule has 1 heterocycles. The van der Waals surface area contributed by atoms with Gasteiger partial charge in [0.25, 0.3) is 5.91 Å². The van der Waals surface area contributed by atoms with Crippen LogP contribution in [0.15, 0.2) is 24.3 Å². The minimum atomic E-state index is -0.772. The summed E-state index contributed by atoms with van der Waals surface area (Å²) in [5.74, 6) is 0.652. The Morgan fingerprint density at radius 1 is 1.32 bits per heavy atom. The van der Waals surface area contributed by atoms with Crippen LogP contribution < -0.4 is 10.1 Å². The first kappa shape index (κ1) is 19.7. The molecule has 0 spiro atoms. The number of carbonyl (C=O) groups excluding carboxylic acids is 1. The van der Waals surface area contributed by atoms with E-state index in [9.17, 15) is 9.90 Å². The molecule has 0 aromatic heterocycles. The summed E-state index contributed by atoms with van der Waals surface area (Å²) in [5, 5.41) is 13.6. The molecule has 1 aromatic carbocycles. The number of ether oxygens (including phenoxy) is 2. The normalized spacial score (nSPS) is 22.4. The first-order chi connectivity index (χ1) is 11.8. The highest BCUT2D eigenvalue weighted by Gasteiger charge is 2.38. The zero-order valence-corrected chi connectivity index (χ0v) is 15.6. The van der Waals surface area contributed by atoms with Gasteiger partial charge in [0, 0.05) is 18.5 Å². The molecule has 2 rings (SSSR count). The van der Waals surface area contributed by atoms with Crippen LogP contribution in [0.4, 0.5) is 0 Å². The van der Waals surface area contributed by atoms with Gasteiger partial charge in [-0.05, 0) is 57.4 Å². The van der Waals surface area contributed by atoms with E-state index in [4.69, 9.17) is 9.47 Å². The number of unbranched alkanes of at least 4 members (excludes halogenated alkanes) is 1. The third kappa shape index (κ3) is 6.33. The van der Waals surface area contributed by atoms with Crippen molar-refractivity contribution < 1.29 is 19.4 Å². The van der Waals surface area contributed by atoms with Crippen molar-refractivity contribution >= 4 is 5.91 Å². The van der Waals surface area contributed by atoms with E-state index in [1.54, 1.807) is 12.1 Å². The average Bonchev–Trinajstić information content (AvgIpc) is 2.54. The third-order valence-corrected chi connectivity index (χ3v) is 4.57. The molecule has 1 fully saturated rings. The quantitative estimate of drug-likeness (QED) is 0.707. The lowest BCUT2D eigenvalue weighted by Crippen LogP contribution is -2.47. The second-order valence-electron chi connectivity index (χ2n) is 7.49. The fraction of sp³-hybridized carbons (Fsp3) is 0.650. The van der Waals surface area contributed by atoms with Crippen molar-refractivity contribution in [1.29, 1.82) is 0 Å². The number of aliphatic hydroxyl groups is 1. The molecule has 2 N–H and O–H groups in total. The smallest absolute Gasteiger partial charge is 0.251 e. The fourth-order valence-corrected chi connectivity index (χ4v) is 3.21. The summed E-state index contributed by atoms with van der Waals surface area (Å²) in [7, 11) is 0. The maximum Gasteiger partial charge on any atom is 0.251 e. The van der Waals surface area contributed by atoms with Crippen LogP contribution in [0.1, 0.15) is 63.2 Å². The minimum Gasteiger partial charge on any atom is -0.494 e. The van der Waals surface area contributed by atoms with Crippen LogP contribution in [0.5, 0.6) is 5.75 Å². The Bertz CT molecular complexity index is 555. The van der Waals surface area contributed by atoms with Crippen LogP contribution in [0.2, 0.25) is 0 Å². The van der Waals surface area contributed by atoms with Crippen LogP contribution >= 0.6 is 0 Å². The Morgan fingerprint density at radius 3 is 2.68 bits per heavy atom. The Labute approximate surface area is 150 Å². The van der Waals surface area contributed by atoms with Crippen LogP contribution in [0.3, 0.4) is 0 Å². The highest BCUT2D eigenvalue weighted by Crippen LogP contribution is 2.33. The van der Waals surface area contributed by atoms with Crippen molar-refractivity contribution in [2.24, 2.45) is 0 Å². The summed E-state index contributed by atoms with van der Waals surface area (Å²) in [4.78, 5) is 12.2. The molecule has 1 aromatic rings. The molecule has 0 bridgehead atoms. The van der Waals surface area contributed by atoms with Crippen molar-refractivity contribution in [3.8, 4) is 5.75 Å². The Morgan fingerprint density at radius 2 is 2.04 bits per heavy atom. The highest BCUT2D eigenvalue weighted by molar-refractivity contribution is 5.94. The van der Waals surface area contributed by atoms with Gasteiger partial charge in [-0.1, -0.05) is 13.3 Å². The summed E-state index contributed by atoms with van der Waals surface area (Å²) in [5.41, 5.74) is -0.487. The topological polar surface area (TPSA) is 67.8 Å². The van der Waals surface area contributed by atoms with Gasteiger partial charge in [0.2, 0.25) is 0 Å². The lowest BCUT2D eigenvalue weighted by Gasteiger charge is -2.41. The molecule has 0 saturated carbocycles. The number of rotatable bonds is 8. The van der Waals surface area contributed by atoms with Gasteiger partial charge in [-0.25, -0.2) is 0 Å². The first-order valence-electron chi connectivity index (χ1n) is 9.21. The number of hydrogen-bond acceptors (Lipinski definition) is 4. The van der Waals surface area contributed by atoms with Crippen molar-refractivity contribution in [3.05, 3.63) is 29.8 Å². The molecule has 1 aliphatic rings. The molecule has 25 heavy (non-hydrogen) atoms. The maximum atomic E-state index is 12.2. The van der Waals surface area contributed by atoms with Gasteiger partial charge in [0.15, 0.2) is 0 Å². The second kappa shape index (κ2) is 8.68. The van der Waals surface area contributed by atoms with Crippen LogP contribution in [-0.4, -0.2) is 42.0 Å². The Balaban J connectivity index is 1.78. The number of benzene rings is 1.